The van der Waals surface area contributed by atoms with Gasteiger partial charge in [-0.3, -0.25) is 4.79 Å². The van der Waals surface area contributed by atoms with Gasteiger partial charge in [-0.2, -0.15) is 0 Å². The van der Waals surface area contributed by atoms with E-state index in [4.69, 9.17) is 11.6 Å². The normalized spacial score (nSPS) is 42.8. The molecule has 0 aliphatic heterocycles. The maximum absolute atomic E-state index is 13.5. The molecule has 154 valence electrons. The van der Waals surface area contributed by atoms with Crippen LogP contribution in [0.2, 0.25) is 5.02 Å². The second-order valence-corrected chi connectivity index (χ2v) is 10.7. The van der Waals surface area contributed by atoms with Gasteiger partial charge in [-0.1, -0.05) is 55.3 Å². The zero-order valence-electron chi connectivity index (χ0n) is 17.5. The van der Waals surface area contributed by atoms with E-state index in [9.17, 15) is 9.90 Å². The third-order valence-electron chi connectivity index (χ3n) is 8.95. The Morgan fingerprint density at radius 3 is 2.62 bits per heavy atom. The Morgan fingerprint density at radius 1 is 1.07 bits per heavy atom. The Balaban J connectivity index is 1.49. The van der Waals surface area contributed by atoms with Crippen molar-refractivity contribution in [3.05, 3.63) is 52.1 Å². The number of allylic oxidation sites excluding steroid dienone is 2. The first-order valence-electron chi connectivity index (χ1n) is 11.2. The molecule has 0 amide bonds. The van der Waals surface area contributed by atoms with Crippen molar-refractivity contribution in [1.82, 2.24) is 0 Å². The van der Waals surface area contributed by atoms with Crippen LogP contribution in [0.4, 0.5) is 0 Å². The summed E-state index contributed by atoms with van der Waals surface area (Å²) >= 11 is 6.37. The van der Waals surface area contributed by atoms with E-state index in [1.165, 1.54) is 5.57 Å². The Morgan fingerprint density at radius 2 is 1.83 bits per heavy atom. The number of hydrogen-bond donors (Lipinski definition) is 1. The van der Waals surface area contributed by atoms with Crippen molar-refractivity contribution in [2.24, 2.45) is 28.6 Å². The molecule has 1 aromatic rings. The van der Waals surface area contributed by atoms with Crippen LogP contribution in [0.15, 0.2) is 41.5 Å². The summed E-state index contributed by atoms with van der Waals surface area (Å²) in [5.74, 6) is 1.98. The molecule has 5 rings (SSSR count). The molecule has 0 heterocycles. The van der Waals surface area contributed by atoms with Crippen LogP contribution in [0.1, 0.15) is 64.4 Å². The van der Waals surface area contributed by atoms with Crippen LogP contribution in [0.25, 0.3) is 6.08 Å². The van der Waals surface area contributed by atoms with E-state index in [2.05, 4.69) is 19.9 Å². The molecule has 4 aliphatic rings. The smallest absolute Gasteiger partial charge is 0.165 e. The molecular formula is C26H31ClO2. The van der Waals surface area contributed by atoms with Crippen molar-refractivity contribution < 1.29 is 9.90 Å². The van der Waals surface area contributed by atoms with E-state index >= 15 is 0 Å². The van der Waals surface area contributed by atoms with Gasteiger partial charge in [-0.25, -0.2) is 0 Å². The fraction of sp³-hybridized carbons (Fsp3) is 0.577. The van der Waals surface area contributed by atoms with E-state index in [0.717, 1.165) is 56.1 Å². The van der Waals surface area contributed by atoms with E-state index in [1.807, 2.05) is 30.3 Å². The quantitative estimate of drug-likeness (QED) is 0.440. The van der Waals surface area contributed by atoms with Crippen molar-refractivity contribution in [2.45, 2.75) is 64.9 Å². The molecule has 0 radical (unpaired) electrons. The first-order chi connectivity index (χ1) is 13.8. The predicted molar refractivity (Wildman–Crippen MR) is 118 cm³/mol. The minimum absolute atomic E-state index is 0.169. The topological polar surface area (TPSA) is 37.3 Å². The number of ketones is 1. The van der Waals surface area contributed by atoms with E-state index in [1.54, 1.807) is 0 Å². The molecule has 0 bridgehead atoms. The highest BCUT2D eigenvalue weighted by atomic mass is 35.5. The lowest BCUT2D eigenvalue weighted by atomic mass is 9.48. The van der Waals surface area contributed by atoms with Crippen LogP contribution >= 0.6 is 11.6 Å². The van der Waals surface area contributed by atoms with Crippen LogP contribution in [-0.2, 0) is 4.79 Å². The zero-order valence-corrected chi connectivity index (χ0v) is 18.2. The molecule has 29 heavy (non-hydrogen) atoms. The second-order valence-electron chi connectivity index (χ2n) is 10.3. The number of halogens is 1. The fourth-order valence-electron chi connectivity index (χ4n) is 7.22. The number of rotatable bonds is 1. The number of Topliss-reactive ketones (excluding diaryl/α,β-unsaturated/α-hetero) is 1. The lowest BCUT2D eigenvalue weighted by molar-refractivity contribution is -0.130. The number of aliphatic hydroxyl groups excluding tert-OH is 1. The minimum atomic E-state index is -0.232. The van der Waals surface area contributed by atoms with Gasteiger partial charge in [0.15, 0.2) is 5.78 Å². The lowest BCUT2D eigenvalue weighted by Gasteiger charge is -2.56. The van der Waals surface area contributed by atoms with Crippen LogP contribution in [-0.4, -0.2) is 17.0 Å². The Bertz CT molecular complexity index is 915. The summed E-state index contributed by atoms with van der Waals surface area (Å²) in [5, 5.41) is 10.9. The fourth-order valence-corrected chi connectivity index (χ4v) is 7.41. The third-order valence-corrected chi connectivity index (χ3v) is 9.30. The van der Waals surface area contributed by atoms with Crippen molar-refractivity contribution in [3.63, 3.8) is 0 Å². The molecule has 0 unspecified atom stereocenters. The molecule has 1 aromatic carbocycles. The van der Waals surface area contributed by atoms with Gasteiger partial charge in [0, 0.05) is 10.4 Å². The Labute approximate surface area is 179 Å². The maximum Gasteiger partial charge on any atom is 0.165 e. The average molecular weight is 411 g/mol. The maximum atomic E-state index is 13.5. The third kappa shape index (κ3) is 2.90. The highest BCUT2D eigenvalue weighted by molar-refractivity contribution is 6.32. The molecule has 3 heteroatoms. The van der Waals surface area contributed by atoms with Gasteiger partial charge < -0.3 is 5.11 Å². The zero-order chi connectivity index (χ0) is 20.4. The van der Waals surface area contributed by atoms with Gasteiger partial charge in [0.2, 0.25) is 0 Å². The second kappa shape index (κ2) is 6.82. The van der Waals surface area contributed by atoms with Gasteiger partial charge in [-0.15, -0.1) is 0 Å². The number of hydrogen-bond acceptors (Lipinski definition) is 2. The molecule has 0 spiro atoms. The minimum Gasteiger partial charge on any atom is -0.393 e. The number of benzene rings is 1. The molecule has 2 nitrogen and oxygen atoms in total. The van der Waals surface area contributed by atoms with E-state index in [0.29, 0.717) is 28.6 Å². The van der Waals surface area contributed by atoms with E-state index in [-0.39, 0.29) is 16.9 Å². The monoisotopic (exact) mass is 410 g/mol. The Kier molecular flexibility index (Phi) is 4.60. The highest BCUT2D eigenvalue weighted by Crippen LogP contribution is 2.64. The summed E-state index contributed by atoms with van der Waals surface area (Å²) < 4.78 is 0. The molecule has 1 N–H and O–H groups in total. The van der Waals surface area contributed by atoms with Crippen LogP contribution in [0.3, 0.4) is 0 Å². The van der Waals surface area contributed by atoms with Gasteiger partial charge in [-0.05, 0) is 91.4 Å². The van der Waals surface area contributed by atoms with E-state index < -0.39 is 0 Å². The summed E-state index contributed by atoms with van der Waals surface area (Å²) in [6.45, 7) is 4.65. The lowest BCUT2D eigenvalue weighted by Crippen LogP contribution is -2.50. The summed E-state index contributed by atoms with van der Waals surface area (Å²) in [6.07, 6.45) is 11.2. The largest absolute Gasteiger partial charge is 0.393 e. The molecule has 0 aromatic heterocycles. The van der Waals surface area contributed by atoms with Crippen molar-refractivity contribution >= 4 is 23.5 Å². The number of carbonyl (C=O) groups excluding carboxylic acids is 1. The molecule has 3 saturated carbocycles. The highest BCUT2D eigenvalue weighted by Gasteiger charge is 2.59. The van der Waals surface area contributed by atoms with Gasteiger partial charge in [0.1, 0.15) is 0 Å². The van der Waals surface area contributed by atoms with Gasteiger partial charge in [0.25, 0.3) is 0 Å². The molecular weight excluding hydrogens is 380 g/mol. The summed E-state index contributed by atoms with van der Waals surface area (Å²) in [6, 6.07) is 7.80. The summed E-state index contributed by atoms with van der Waals surface area (Å²) in [4.78, 5) is 13.5. The molecule has 0 saturated heterocycles. The molecule has 4 aliphatic carbocycles. The van der Waals surface area contributed by atoms with Crippen molar-refractivity contribution in [3.8, 4) is 0 Å². The summed E-state index contributed by atoms with van der Waals surface area (Å²) in [5.41, 5.74) is 3.38. The van der Waals surface area contributed by atoms with Crippen LogP contribution in [0, 0.1) is 28.6 Å². The SMILES string of the molecule is C[C@@]12CC[C@@H]3[C@H](CC=C4C[C@H](O)CC[C@@]43C)[C@H]1C/C(=C\c1ccccc1Cl)C2=O. The standard InChI is InChI=1S/C26H31ClO2/c1-25-11-9-19(28)15-18(25)7-8-20-21(25)10-12-26(2)22(20)14-17(24(26)29)13-16-5-3-4-6-23(16)27/h3-7,13,19-22,28H,8-12,14-15H2,1-2H3/b17-13+/t19-,20+,21-,22-,25+,26-/m1/s1. The molecule has 3 fully saturated rings. The number of aliphatic hydroxyl groups is 1. The van der Waals surface area contributed by atoms with Gasteiger partial charge in [0.05, 0.1) is 6.10 Å². The average Bonchev–Trinajstić information content (AvgIpc) is 2.95. The van der Waals surface area contributed by atoms with Crippen molar-refractivity contribution in [2.75, 3.05) is 0 Å². The first kappa shape index (κ1) is 19.6. The number of fused-ring (bicyclic) bond motifs is 5. The van der Waals surface area contributed by atoms with Crippen molar-refractivity contribution in [1.29, 1.82) is 0 Å². The van der Waals surface area contributed by atoms with Gasteiger partial charge >= 0.3 is 0 Å². The van der Waals surface area contributed by atoms with Crippen LogP contribution in [0.5, 0.6) is 0 Å². The first-order valence-corrected chi connectivity index (χ1v) is 11.6. The predicted octanol–water partition coefficient (Wildman–Crippen LogP) is 6.23. The van der Waals surface area contributed by atoms with Crippen LogP contribution < -0.4 is 0 Å². The Hall–Kier alpha value is -1.38. The molecule has 6 atom stereocenters. The summed E-state index contributed by atoms with van der Waals surface area (Å²) in [7, 11) is 0. The number of carbonyl (C=O) groups is 1.